The zero-order chi connectivity index (χ0) is 20.1. The fourth-order valence-corrected chi connectivity index (χ4v) is 3.88. The van der Waals surface area contributed by atoms with Crippen molar-refractivity contribution >= 4 is 27.7 Å². The van der Waals surface area contributed by atoms with Gasteiger partial charge in [0.25, 0.3) is 5.91 Å². The molecule has 0 bridgehead atoms. The molecule has 3 heterocycles. The van der Waals surface area contributed by atoms with Crippen molar-refractivity contribution < 1.29 is 9.53 Å². The molecule has 4 rings (SSSR count). The summed E-state index contributed by atoms with van der Waals surface area (Å²) < 4.78 is 6.47. The molecule has 0 saturated heterocycles. The Bertz CT molecular complexity index is 1040. The van der Waals surface area contributed by atoms with Crippen LogP contribution in [-0.2, 0) is 5.41 Å². The molecule has 1 amide bonds. The Kier molecular flexibility index (Phi) is 4.50. The molecule has 6 nitrogen and oxygen atoms in total. The van der Waals surface area contributed by atoms with Crippen LogP contribution in [0.1, 0.15) is 54.1 Å². The highest BCUT2D eigenvalue weighted by Crippen LogP contribution is 2.46. The van der Waals surface area contributed by atoms with Gasteiger partial charge in [0.2, 0.25) is 0 Å². The van der Waals surface area contributed by atoms with Gasteiger partial charge in [-0.2, -0.15) is 5.10 Å². The molecule has 1 atom stereocenters. The third-order valence-electron chi connectivity index (χ3n) is 4.90. The van der Waals surface area contributed by atoms with Gasteiger partial charge in [-0.25, -0.2) is 4.98 Å². The van der Waals surface area contributed by atoms with E-state index in [2.05, 4.69) is 51.9 Å². The number of aromatic nitrogens is 3. The summed E-state index contributed by atoms with van der Waals surface area (Å²) in [5, 5.41) is 7.47. The number of para-hydroxylation sites is 1. The van der Waals surface area contributed by atoms with Crippen molar-refractivity contribution in [1.82, 2.24) is 15.2 Å². The van der Waals surface area contributed by atoms with Crippen LogP contribution in [0.5, 0.6) is 5.75 Å². The van der Waals surface area contributed by atoms with Crippen molar-refractivity contribution in [2.75, 3.05) is 12.0 Å². The predicted molar refractivity (Wildman–Crippen MR) is 111 cm³/mol. The van der Waals surface area contributed by atoms with Crippen LogP contribution < -0.4 is 9.64 Å². The highest BCUT2D eigenvalue weighted by molar-refractivity contribution is 9.10. The second-order valence-electron chi connectivity index (χ2n) is 7.77. The molecule has 7 heteroatoms. The summed E-state index contributed by atoms with van der Waals surface area (Å²) in [5.41, 5.74) is 2.95. The molecular weight excluding hydrogens is 420 g/mol. The van der Waals surface area contributed by atoms with Gasteiger partial charge in [0, 0.05) is 32.9 Å². The maximum Gasteiger partial charge on any atom is 0.281 e. The Balaban J connectivity index is 1.98. The second-order valence-corrected chi connectivity index (χ2v) is 8.68. The smallest absolute Gasteiger partial charge is 0.281 e. The summed E-state index contributed by atoms with van der Waals surface area (Å²) in [6, 6.07) is 11.1. The van der Waals surface area contributed by atoms with Gasteiger partial charge in [0.15, 0.2) is 5.69 Å². The van der Waals surface area contributed by atoms with E-state index in [-0.39, 0.29) is 17.4 Å². The first kappa shape index (κ1) is 18.7. The van der Waals surface area contributed by atoms with Gasteiger partial charge in [-0.3, -0.25) is 14.8 Å². The summed E-state index contributed by atoms with van der Waals surface area (Å²) in [7, 11) is 1.64. The molecule has 1 N–H and O–H groups in total. The van der Waals surface area contributed by atoms with E-state index in [1.807, 2.05) is 36.4 Å². The molecule has 2 aromatic heterocycles. The fraction of sp³-hybridized carbons (Fsp3) is 0.286. The highest BCUT2D eigenvalue weighted by atomic mass is 79.9. The van der Waals surface area contributed by atoms with Gasteiger partial charge in [-0.15, -0.1) is 0 Å². The zero-order valence-electron chi connectivity index (χ0n) is 16.2. The lowest BCUT2D eigenvalue weighted by Gasteiger charge is -2.28. The van der Waals surface area contributed by atoms with Crippen LogP contribution in [0, 0.1) is 0 Å². The summed E-state index contributed by atoms with van der Waals surface area (Å²) >= 11 is 3.41. The van der Waals surface area contributed by atoms with Crippen LogP contribution in [0.4, 0.5) is 5.82 Å². The Morgan fingerprint density at radius 2 is 1.93 bits per heavy atom. The summed E-state index contributed by atoms with van der Waals surface area (Å²) in [5.74, 6) is 1.12. The molecule has 0 aliphatic carbocycles. The number of amides is 1. The van der Waals surface area contributed by atoms with Crippen LogP contribution in [0.15, 0.2) is 47.1 Å². The number of rotatable bonds is 3. The number of nitrogens with zero attached hydrogens (tertiary/aromatic N) is 3. The third-order valence-corrected chi connectivity index (χ3v) is 5.37. The van der Waals surface area contributed by atoms with Gasteiger partial charge in [-0.1, -0.05) is 39.0 Å². The first-order chi connectivity index (χ1) is 13.3. The lowest BCUT2D eigenvalue weighted by atomic mass is 9.85. The Morgan fingerprint density at radius 3 is 2.57 bits per heavy atom. The standard InChI is InChI=1S/C21H21BrN4O2/c1-21(2,3)19-16-17(24-25-19)20(27)26(15-10-9-12(22)11-23-15)18(16)13-7-5-6-8-14(13)28-4/h5-11,18H,1-4H3,(H,24,25)/t18-/m0/s1. The van der Waals surface area contributed by atoms with Crippen molar-refractivity contribution in [2.45, 2.75) is 32.2 Å². The van der Waals surface area contributed by atoms with Crippen molar-refractivity contribution in [2.24, 2.45) is 0 Å². The van der Waals surface area contributed by atoms with E-state index in [9.17, 15) is 4.79 Å². The van der Waals surface area contributed by atoms with Gasteiger partial charge < -0.3 is 4.74 Å². The van der Waals surface area contributed by atoms with Gasteiger partial charge in [0.1, 0.15) is 11.6 Å². The van der Waals surface area contributed by atoms with Crippen LogP contribution in [-0.4, -0.2) is 28.2 Å². The lowest BCUT2D eigenvalue weighted by Crippen LogP contribution is -2.31. The number of H-pyrrole nitrogens is 1. The SMILES string of the molecule is COc1ccccc1[C@H]1c2c(n[nH]c2C(C)(C)C)C(=O)N1c1ccc(Br)cn1. The topological polar surface area (TPSA) is 71.1 Å². The number of nitrogens with one attached hydrogen (secondary N) is 1. The van der Waals surface area contributed by atoms with E-state index in [0.717, 1.165) is 27.0 Å². The number of aromatic amines is 1. The van der Waals surface area contributed by atoms with Crippen LogP contribution in [0.25, 0.3) is 0 Å². The number of anilines is 1. The number of benzene rings is 1. The number of hydrogen-bond donors (Lipinski definition) is 1. The molecule has 0 radical (unpaired) electrons. The van der Waals surface area contributed by atoms with Crippen LogP contribution >= 0.6 is 15.9 Å². The van der Waals surface area contributed by atoms with E-state index in [1.54, 1.807) is 18.2 Å². The van der Waals surface area contributed by atoms with Crippen molar-refractivity contribution in [1.29, 1.82) is 0 Å². The van der Waals surface area contributed by atoms with Crippen molar-refractivity contribution in [3.05, 3.63) is 69.6 Å². The first-order valence-electron chi connectivity index (χ1n) is 8.99. The van der Waals surface area contributed by atoms with Crippen LogP contribution in [0.2, 0.25) is 0 Å². The number of fused-ring (bicyclic) bond motifs is 1. The second kappa shape index (κ2) is 6.74. The largest absolute Gasteiger partial charge is 0.496 e. The molecule has 1 aromatic carbocycles. The number of pyridine rings is 1. The Labute approximate surface area is 172 Å². The molecule has 1 aliphatic rings. The molecule has 3 aromatic rings. The maximum atomic E-state index is 13.4. The average molecular weight is 441 g/mol. The number of hydrogen-bond acceptors (Lipinski definition) is 4. The van der Waals surface area contributed by atoms with E-state index in [0.29, 0.717) is 11.5 Å². The Morgan fingerprint density at radius 1 is 1.18 bits per heavy atom. The third kappa shape index (κ3) is 2.90. The summed E-state index contributed by atoms with van der Waals surface area (Å²) in [6.07, 6.45) is 1.69. The van der Waals surface area contributed by atoms with Gasteiger partial charge >= 0.3 is 0 Å². The van der Waals surface area contributed by atoms with E-state index in [1.165, 1.54) is 0 Å². The van der Waals surface area contributed by atoms with Crippen molar-refractivity contribution in [3.8, 4) is 5.75 Å². The summed E-state index contributed by atoms with van der Waals surface area (Å²) in [6.45, 7) is 6.31. The minimum absolute atomic E-state index is 0.174. The number of halogens is 1. The molecule has 0 saturated carbocycles. The quantitative estimate of drug-likeness (QED) is 0.644. The van der Waals surface area contributed by atoms with Gasteiger partial charge in [0.05, 0.1) is 13.2 Å². The van der Waals surface area contributed by atoms with Crippen LogP contribution in [0.3, 0.4) is 0 Å². The molecular formula is C21H21BrN4O2. The zero-order valence-corrected chi connectivity index (χ0v) is 17.7. The number of carbonyl (C=O) groups excluding carboxylic acids is 1. The van der Waals surface area contributed by atoms with E-state index < -0.39 is 0 Å². The monoisotopic (exact) mass is 440 g/mol. The Hall–Kier alpha value is -2.67. The number of ether oxygens (including phenoxy) is 1. The number of carbonyl (C=O) groups is 1. The normalized spacial score (nSPS) is 16.4. The number of methoxy groups -OCH3 is 1. The predicted octanol–water partition coefficient (Wildman–Crippen LogP) is 4.62. The molecule has 0 spiro atoms. The minimum Gasteiger partial charge on any atom is -0.496 e. The highest BCUT2D eigenvalue weighted by Gasteiger charge is 2.46. The van der Waals surface area contributed by atoms with Crippen molar-refractivity contribution in [3.63, 3.8) is 0 Å². The molecule has 0 fully saturated rings. The molecule has 1 aliphatic heterocycles. The average Bonchev–Trinajstić information content (AvgIpc) is 3.22. The van der Waals surface area contributed by atoms with Gasteiger partial charge in [-0.05, 0) is 34.1 Å². The maximum absolute atomic E-state index is 13.4. The molecule has 144 valence electrons. The summed E-state index contributed by atoms with van der Waals surface area (Å²) in [4.78, 5) is 19.5. The van der Waals surface area contributed by atoms with E-state index in [4.69, 9.17) is 4.74 Å². The first-order valence-corrected chi connectivity index (χ1v) is 9.79. The fourth-order valence-electron chi connectivity index (χ4n) is 3.65. The molecule has 28 heavy (non-hydrogen) atoms. The minimum atomic E-state index is -0.375. The lowest BCUT2D eigenvalue weighted by molar-refractivity contribution is 0.0988. The molecule has 0 unspecified atom stereocenters. The van der Waals surface area contributed by atoms with E-state index >= 15 is 0 Å².